The SMILES string of the molecule is CCOC(=O)[C@@H]1C[C@@H]2CN1C(=O)[C@H](C(C)(C)C)NC(=O)OCCCCC(O)c1ccc3ccnc(c3c1)O2. The van der Waals surface area contributed by atoms with E-state index < -0.39 is 47.7 Å². The number of rotatable bonds is 2. The Kier molecular flexibility index (Phi) is 8.40. The Bertz CT molecular complexity index is 1180. The number of nitrogens with one attached hydrogen (secondary N) is 1. The molecule has 0 radical (unpaired) electrons. The van der Waals surface area contributed by atoms with Gasteiger partial charge in [0.1, 0.15) is 18.2 Å². The molecule has 10 heteroatoms. The smallest absolute Gasteiger partial charge is 0.407 e. The third-order valence-electron chi connectivity index (χ3n) is 7.00. The molecule has 3 heterocycles. The van der Waals surface area contributed by atoms with E-state index in [0.717, 1.165) is 16.3 Å². The number of esters is 1. The number of cyclic esters (lactones) is 1. The van der Waals surface area contributed by atoms with Crippen LogP contribution in [0.4, 0.5) is 4.79 Å². The fraction of sp³-hybridized carbons (Fsp3) is 0.571. The van der Waals surface area contributed by atoms with Crippen LogP contribution >= 0.6 is 0 Å². The first kappa shape index (κ1) is 27.6. The number of alkyl carbamates (subject to hydrolysis) is 1. The first-order chi connectivity index (χ1) is 18.1. The second-order valence-electron chi connectivity index (χ2n) is 10.9. The first-order valence-corrected chi connectivity index (χ1v) is 13.2. The summed E-state index contributed by atoms with van der Waals surface area (Å²) in [5.41, 5.74) is 0.0723. The van der Waals surface area contributed by atoms with Crippen LogP contribution < -0.4 is 10.1 Å². The Morgan fingerprint density at radius 1 is 1.24 bits per heavy atom. The summed E-state index contributed by atoms with van der Waals surface area (Å²) in [4.78, 5) is 45.2. The molecule has 2 aliphatic rings. The van der Waals surface area contributed by atoms with Crippen molar-refractivity contribution in [2.75, 3.05) is 19.8 Å². The van der Waals surface area contributed by atoms with Gasteiger partial charge in [-0.25, -0.2) is 14.6 Å². The normalized spacial score (nSPS) is 25.2. The molecule has 1 saturated heterocycles. The molecule has 0 aliphatic carbocycles. The van der Waals surface area contributed by atoms with Gasteiger partial charge in [0.05, 0.1) is 25.9 Å². The summed E-state index contributed by atoms with van der Waals surface area (Å²) in [6.45, 7) is 7.67. The molecule has 1 aromatic heterocycles. The van der Waals surface area contributed by atoms with Gasteiger partial charge < -0.3 is 29.5 Å². The molecule has 1 fully saturated rings. The zero-order valence-corrected chi connectivity index (χ0v) is 22.4. The Morgan fingerprint density at radius 2 is 2.03 bits per heavy atom. The highest BCUT2D eigenvalue weighted by Gasteiger charge is 2.46. The summed E-state index contributed by atoms with van der Waals surface area (Å²) in [6.07, 6.45) is 1.61. The van der Waals surface area contributed by atoms with E-state index in [1.165, 1.54) is 4.90 Å². The van der Waals surface area contributed by atoms with Crippen molar-refractivity contribution in [1.29, 1.82) is 0 Å². The quantitative estimate of drug-likeness (QED) is 0.568. The number of aliphatic hydroxyl groups is 1. The molecule has 206 valence electrons. The molecule has 10 nitrogen and oxygen atoms in total. The standard InChI is InChI=1S/C28H37N3O7/c1-5-36-26(34)21-15-19-16-31(21)25(33)23(28(2,3)4)30-27(35)37-13-7-6-8-22(32)18-10-9-17-11-12-29-24(38-19)20(17)14-18/h9-12,14,19,21-23,32H,5-8,13,15-16H2,1-4H3,(H,30,35)/t19-,21+,22?,23-/m1/s1. The van der Waals surface area contributed by atoms with E-state index in [1.54, 1.807) is 13.1 Å². The van der Waals surface area contributed by atoms with Gasteiger partial charge in [-0.15, -0.1) is 0 Å². The predicted octanol–water partition coefficient (Wildman–Crippen LogP) is 3.50. The Labute approximate surface area is 222 Å². The molecule has 0 spiro atoms. The lowest BCUT2D eigenvalue weighted by molar-refractivity contribution is -0.154. The van der Waals surface area contributed by atoms with Crippen LogP contribution in [0, 0.1) is 5.41 Å². The molecule has 2 aliphatic heterocycles. The lowest BCUT2D eigenvalue weighted by atomic mass is 9.85. The molecule has 2 aromatic rings. The minimum Gasteiger partial charge on any atom is -0.472 e. The maximum Gasteiger partial charge on any atom is 0.407 e. The van der Waals surface area contributed by atoms with Crippen molar-refractivity contribution in [2.45, 2.75) is 77.7 Å². The number of aromatic nitrogens is 1. The molecule has 1 unspecified atom stereocenters. The van der Waals surface area contributed by atoms with Gasteiger partial charge in [-0.2, -0.15) is 0 Å². The van der Waals surface area contributed by atoms with Crippen LogP contribution in [0.1, 0.15) is 65.0 Å². The zero-order valence-electron chi connectivity index (χ0n) is 22.4. The summed E-state index contributed by atoms with van der Waals surface area (Å²) in [6, 6.07) is 5.71. The van der Waals surface area contributed by atoms with Crippen LogP contribution in [-0.4, -0.2) is 70.9 Å². The van der Waals surface area contributed by atoms with Crippen LogP contribution in [-0.2, 0) is 19.1 Å². The van der Waals surface area contributed by atoms with Gasteiger partial charge in [-0.3, -0.25) is 4.79 Å². The minimum atomic E-state index is -0.940. The average molecular weight is 528 g/mol. The highest BCUT2D eigenvalue weighted by Crippen LogP contribution is 2.32. The number of aliphatic hydroxyl groups excluding tert-OH is 1. The largest absolute Gasteiger partial charge is 0.472 e. The lowest BCUT2D eigenvalue weighted by Crippen LogP contribution is -2.57. The summed E-state index contributed by atoms with van der Waals surface area (Å²) in [5, 5.41) is 15.1. The number of carbonyl (C=O) groups excluding carboxylic acids is 3. The van der Waals surface area contributed by atoms with Gasteiger partial charge in [0.15, 0.2) is 0 Å². The van der Waals surface area contributed by atoms with Crippen LogP contribution in [0.15, 0.2) is 30.5 Å². The van der Waals surface area contributed by atoms with E-state index in [9.17, 15) is 19.5 Å². The number of hydrogen-bond donors (Lipinski definition) is 2. The molecule has 4 bridgehead atoms. The van der Waals surface area contributed by atoms with E-state index in [-0.39, 0.29) is 26.2 Å². The van der Waals surface area contributed by atoms with Crippen molar-refractivity contribution in [3.63, 3.8) is 0 Å². The number of hydrogen-bond acceptors (Lipinski definition) is 8. The highest BCUT2D eigenvalue weighted by molar-refractivity contribution is 5.91. The fourth-order valence-corrected chi connectivity index (χ4v) is 4.95. The molecule has 1 aromatic carbocycles. The topological polar surface area (TPSA) is 127 Å². The van der Waals surface area contributed by atoms with Crippen molar-refractivity contribution in [3.05, 3.63) is 36.0 Å². The molecule has 4 rings (SSSR count). The van der Waals surface area contributed by atoms with E-state index in [2.05, 4.69) is 10.3 Å². The van der Waals surface area contributed by atoms with Crippen molar-refractivity contribution in [2.24, 2.45) is 5.41 Å². The van der Waals surface area contributed by atoms with Crippen molar-refractivity contribution in [1.82, 2.24) is 15.2 Å². The van der Waals surface area contributed by atoms with E-state index in [4.69, 9.17) is 14.2 Å². The van der Waals surface area contributed by atoms with Gasteiger partial charge in [0.25, 0.3) is 0 Å². The maximum absolute atomic E-state index is 13.8. The molecule has 4 atom stereocenters. The summed E-state index contributed by atoms with van der Waals surface area (Å²) >= 11 is 0. The summed E-state index contributed by atoms with van der Waals surface area (Å²) in [5.74, 6) is -0.561. The lowest BCUT2D eigenvalue weighted by Gasteiger charge is -2.34. The van der Waals surface area contributed by atoms with Crippen LogP contribution in [0.5, 0.6) is 5.88 Å². The van der Waals surface area contributed by atoms with E-state index in [0.29, 0.717) is 25.1 Å². The zero-order chi connectivity index (χ0) is 27.4. The number of benzene rings is 1. The monoisotopic (exact) mass is 527 g/mol. The van der Waals surface area contributed by atoms with Gasteiger partial charge >= 0.3 is 12.1 Å². The van der Waals surface area contributed by atoms with E-state index in [1.807, 2.05) is 45.0 Å². The Hall–Kier alpha value is -3.40. The Balaban J connectivity index is 1.72. The molecular formula is C28H37N3O7. The van der Waals surface area contributed by atoms with Crippen molar-refractivity contribution < 1.29 is 33.7 Å². The maximum atomic E-state index is 13.8. The van der Waals surface area contributed by atoms with Gasteiger partial charge in [-0.1, -0.05) is 32.9 Å². The fourth-order valence-electron chi connectivity index (χ4n) is 4.95. The second-order valence-corrected chi connectivity index (χ2v) is 10.9. The van der Waals surface area contributed by atoms with Crippen LogP contribution in [0.3, 0.4) is 0 Å². The number of ether oxygens (including phenoxy) is 3. The molecule has 38 heavy (non-hydrogen) atoms. The second kappa shape index (κ2) is 11.6. The molecule has 2 N–H and O–H groups in total. The number of amides is 2. The van der Waals surface area contributed by atoms with E-state index >= 15 is 0 Å². The minimum absolute atomic E-state index is 0.117. The third-order valence-corrected chi connectivity index (χ3v) is 7.00. The van der Waals surface area contributed by atoms with Crippen LogP contribution in [0.25, 0.3) is 10.8 Å². The predicted molar refractivity (Wildman–Crippen MR) is 139 cm³/mol. The number of fused-ring (bicyclic) bond motifs is 3. The Morgan fingerprint density at radius 3 is 2.76 bits per heavy atom. The molecule has 2 amide bonds. The summed E-state index contributed by atoms with van der Waals surface area (Å²) < 4.78 is 16.9. The van der Waals surface area contributed by atoms with Gasteiger partial charge in [0.2, 0.25) is 11.8 Å². The van der Waals surface area contributed by atoms with Crippen LogP contribution in [0.2, 0.25) is 0 Å². The first-order valence-electron chi connectivity index (χ1n) is 13.2. The number of nitrogens with zero attached hydrogens (tertiary/aromatic N) is 2. The van der Waals surface area contributed by atoms with Crippen molar-refractivity contribution in [3.8, 4) is 5.88 Å². The highest BCUT2D eigenvalue weighted by atomic mass is 16.5. The van der Waals surface area contributed by atoms with Gasteiger partial charge in [-0.05, 0) is 54.7 Å². The van der Waals surface area contributed by atoms with Gasteiger partial charge in [0, 0.05) is 18.0 Å². The average Bonchev–Trinajstić information content (AvgIpc) is 3.29. The summed E-state index contributed by atoms with van der Waals surface area (Å²) in [7, 11) is 0. The third kappa shape index (κ3) is 6.18. The molecular weight excluding hydrogens is 490 g/mol. The number of carbonyl (C=O) groups is 3. The van der Waals surface area contributed by atoms with Crippen molar-refractivity contribution >= 4 is 28.7 Å². The molecule has 0 saturated carbocycles. The number of pyridine rings is 1.